The lowest BCUT2D eigenvalue weighted by molar-refractivity contribution is -0.112. The fourth-order valence-electron chi connectivity index (χ4n) is 2.25. The smallest absolute Gasteiger partial charge is 0.267 e. The molecule has 0 saturated carbocycles. The summed E-state index contributed by atoms with van der Waals surface area (Å²) >= 11 is 0. The number of phenols is 1. The largest absolute Gasteiger partial charge is 0.506 e. The maximum absolute atomic E-state index is 12.1. The molecule has 0 radical (unpaired) electrons. The van der Waals surface area contributed by atoms with Gasteiger partial charge in [0.15, 0.2) is 0 Å². The molecule has 1 fully saturated rings. The SMILES string of the molecule is CS(=O)(=O)N1CCN(/C=C(/C#N)C(=O)Nc2ccccc2O)CC1. The summed E-state index contributed by atoms with van der Waals surface area (Å²) in [6, 6.07) is 8.04. The minimum atomic E-state index is -3.23. The van der Waals surface area contributed by atoms with Crippen molar-refractivity contribution in [2.75, 3.05) is 37.8 Å². The third kappa shape index (κ3) is 4.47. The van der Waals surface area contributed by atoms with Crippen LogP contribution in [0.2, 0.25) is 0 Å². The van der Waals surface area contributed by atoms with Crippen molar-refractivity contribution in [3.63, 3.8) is 0 Å². The highest BCUT2D eigenvalue weighted by Gasteiger charge is 2.23. The number of nitriles is 1. The van der Waals surface area contributed by atoms with E-state index in [1.807, 2.05) is 6.07 Å². The second kappa shape index (κ2) is 7.33. The van der Waals surface area contributed by atoms with Gasteiger partial charge in [0.2, 0.25) is 10.0 Å². The Morgan fingerprint density at radius 3 is 2.46 bits per heavy atom. The number of sulfonamides is 1. The van der Waals surface area contributed by atoms with E-state index >= 15 is 0 Å². The second-order valence-electron chi connectivity index (χ2n) is 5.32. The molecule has 8 nitrogen and oxygen atoms in total. The number of hydrogen-bond donors (Lipinski definition) is 2. The number of rotatable bonds is 4. The van der Waals surface area contributed by atoms with Crippen LogP contribution < -0.4 is 5.32 Å². The van der Waals surface area contributed by atoms with Crippen LogP contribution in [0.15, 0.2) is 36.0 Å². The van der Waals surface area contributed by atoms with Crippen molar-refractivity contribution in [3.8, 4) is 11.8 Å². The molecule has 128 valence electrons. The van der Waals surface area contributed by atoms with Gasteiger partial charge in [0.1, 0.15) is 17.4 Å². The quantitative estimate of drug-likeness (QED) is 0.459. The van der Waals surface area contributed by atoms with Gasteiger partial charge in [-0.2, -0.15) is 9.57 Å². The first-order valence-corrected chi connectivity index (χ1v) is 9.06. The van der Waals surface area contributed by atoms with E-state index in [4.69, 9.17) is 0 Å². The molecule has 0 spiro atoms. The number of carbonyl (C=O) groups excluding carboxylic acids is 1. The number of benzene rings is 1. The lowest BCUT2D eigenvalue weighted by atomic mass is 10.2. The van der Waals surface area contributed by atoms with Crippen LogP contribution in [0.3, 0.4) is 0 Å². The molecule has 0 aromatic heterocycles. The summed E-state index contributed by atoms with van der Waals surface area (Å²) in [5, 5.41) is 21.3. The number of anilines is 1. The van der Waals surface area contributed by atoms with Gasteiger partial charge in [-0.1, -0.05) is 12.1 Å². The molecular formula is C15H18N4O4S. The first kappa shape index (κ1) is 17.8. The number of hydrogen-bond acceptors (Lipinski definition) is 6. The Morgan fingerprint density at radius 1 is 1.29 bits per heavy atom. The number of nitrogens with one attached hydrogen (secondary N) is 1. The van der Waals surface area contributed by atoms with Crippen molar-refractivity contribution in [1.82, 2.24) is 9.21 Å². The number of amides is 1. The molecule has 2 N–H and O–H groups in total. The Bertz CT molecular complexity index is 790. The van der Waals surface area contributed by atoms with Gasteiger partial charge in [-0.25, -0.2) is 8.42 Å². The van der Waals surface area contributed by atoms with Crippen molar-refractivity contribution in [2.45, 2.75) is 0 Å². The van der Waals surface area contributed by atoms with Gasteiger partial charge >= 0.3 is 0 Å². The molecule has 1 aromatic carbocycles. The molecule has 1 amide bonds. The summed E-state index contributed by atoms with van der Waals surface area (Å²) in [5.74, 6) is -0.727. The second-order valence-corrected chi connectivity index (χ2v) is 7.31. The fraction of sp³-hybridized carbons (Fsp3) is 0.333. The highest BCUT2D eigenvalue weighted by atomic mass is 32.2. The van der Waals surface area contributed by atoms with E-state index in [0.29, 0.717) is 26.2 Å². The van der Waals surface area contributed by atoms with Crippen LogP contribution in [-0.2, 0) is 14.8 Å². The molecule has 1 saturated heterocycles. The monoisotopic (exact) mass is 350 g/mol. The van der Waals surface area contributed by atoms with Gasteiger partial charge < -0.3 is 15.3 Å². The van der Waals surface area contributed by atoms with Gasteiger partial charge in [0.25, 0.3) is 5.91 Å². The summed E-state index contributed by atoms with van der Waals surface area (Å²) in [6.45, 7) is 1.38. The Hall–Kier alpha value is -2.57. The van der Waals surface area contributed by atoms with E-state index in [-0.39, 0.29) is 17.0 Å². The van der Waals surface area contributed by atoms with Crippen LogP contribution in [-0.4, -0.2) is 61.1 Å². The standard InChI is InChI=1S/C15H18N4O4S/c1-24(22,23)19-8-6-18(7-9-19)11-12(10-16)15(21)17-13-4-2-3-5-14(13)20/h2-5,11,20H,6-9H2,1H3,(H,17,21)/b12-11-. The zero-order chi connectivity index (χ0) is 17.7. The normalized spacial score (nSPS) is 16.5. The van der Waals surface area contributed by atoms with Gasteiger partial charge in [-0.3, -0.25) is 4.79 Å². The Labute approximate surface area is 140 Å². The van der Waals surface area contributed by atoms with E-state index in [2.05, 4.69) is 5.32 Å². The lowest BCUT2D eigenvalue weighted by Gasteiger charge is -2.32. The highest BCUT2D eigenvalue weighted by molar-refractivity contribution is 7.88. The van der Waals surface area contributed by atoms with Crippen molar-refractivity contribution in [2.24, 2.45) is 0 Å². The number of nitrogens with zero attached hydrogens (tertiary/aromatic N) is 3. The van der Waals surface area contributed by atoms with E-state index in [0.717, 1.165) is 6.26 Å². The number of carbonyl (C=O) groups is 1. The maximum Gasteiger partial charge on any atom is 0.267 e. The summed E-state index contributed by atoms with van der Waals surface area (Å²) < 4.78 is 24.3. The Morgan fingerprint density at radius 2 is 1.92 bits per heavy atom. The van der Waals surface area contributed by atoms with Crippen molar-refractivity contribution in [1.29, 1.82) is 5.26 Å². The molecule has 2 rings (SSSR count). The number of piperazine rings is 1. The molecule has 0 atom stereocenters. The molecule has 0 bridgehead atoms. The average molecular weight is 350 g/mol. The summed E-state index contributed by atoms with van der Waals surface area (Å²) in [4.78, 5) is 13.9. The molecule has 9 heteroatoms. The first-order valence-electron chi connectivity index (χ1n) is 7.21. The molecule has 1 aliphatic rings. The first-order chi connectivity index (χ1) is 11.3. The minimum Gasteiger partial charge on any atom is -0.506 e. The van der Waals surface area contributed by atoms with Gasteiger partial charge in [-0.05, 0) is 12.1 Å². The molecule has 0 aliphatic carbocycles. The van der Waals surface area contributed by atoms with Crippen molar-refractivity contribution in [3.05, 3.63) is 36.0 Å². The topological polar surface area (TPSA) is 114 Å². The number of phenolic OH excluding ortho intramolecular Hbond substituents is 1. The summed E-state index contributed by atoms with van der Waals surface area (Å²) in [5.41, 5.74) is 0.0941. The molecule has 1 aliphatic heterocycles. The van der Waals surface area contributed by atoms with Crippen LogP contribution in [0.1, 0.15) is 0 Å². The maximum atomic E-state index is 12.1. The molecule has 24 heavy (non-hydrogen) atoms. The third-order valence-corrected chi connectivity index (χ3v) is 4.87. The van der Waals surface area contributed by atoms with Gasteiger partial charge in [-0.15, -0.1) is 0 Å². The van der Waals surface area contributed by atoms with Crippen molar-refractivity contribution >= 4 is 21.6 Å². The molecule has 1 heterocycles. The van der Waals surface area contributed by atoms with E-state index in [9.17, 15) is 23.6 Å². The zero-order valence-corrected chi connectivity index (χ0v) is 14.0. The Balaban J connectivity index is 2.04. The van der Waals surface area contributed by atoms with Crippen LogP contribution in [0, 0.1) is 11.3 Å². The van der Waals surface area contributed by atoms with Gasteiger partial charge in [0.05, 0.1) is 11.9 Å². The van der Waals surface area contributed by atoms with Crippen LogP contribution in [0.5, 0.6) is 5.75 Å². The Kier molecular flexibility index (Phi) is 5.43. The number of aromatic hydroxyl groups is 1. The van der Waals surface area contributed by atoms with Crippen LogP contribution >= 0.6 is 0 Å². The fourth-order valence-corrected chi connectivity index (χ4v) is 3.08. The minimum absolute atomic E-state index is 0.0927. The van der Waals surface area contributed by atoms with Crippen molar-refractivity contribution < 1.29 is 18.3 Å². The zero-order valence-electron chi connectivity index (χ0n) is 13.1. The van der Waals surface area contributed by atoms with Crippen LogP contribution in [0.4, 0.5) is 5.69 Å². The third-order valence-electron chi connectivity index (χ3n) is 3.57. The molecule has 1 aromatic rings. The lowest BCUT2D eigenvalue weighted by Crippen LogP contribution is -2.46. The predicted molar refractivity (Wildman–Crippen MR) is 88.4 cm³/mol. The molecule has 0 unspecified atom stereocenters. The average Bonchev–Trinajstić information content (AvgIpc) is 2.54. The summed E-state index contributed by atoms with van der Waals surface area (Å²) in [6.07, 6.45) is 2.56. The van der Waals surface area contributed by atoms with Gasteiger partial charge in [0, 0.05) is 32.4 Å². The van der Waals surface area contributed by atoms with E-state index < -0.39 is 15.9 Å². The van der Waals surface area contributed by atoms with Crippen LogP contribution in [0.25, 0.3) is 0 Å². The molecular weight excluding hydrogens is 332 g/mol. The predicted octanol–water partition coefficient (Wildman–Crippen LogP) is 0.315. The van der Waals surface area contributed by atoms with E-state index in [1.165, 1.54) is 22.6 Å². The summed E-state index contributed by atoms with van der Waals surface area (Å²) in [7, 11) is -3.23. The van der Waals surface area contributed by atoms with E-state index in [1.54, 1.807) is 17.0 Å². The number of para-hydroxylation sites is 2. The highest BCUT2D eigenvalue weighted by Crippen LogP contribution is 2.22.